The zero-order valence-corrected chi connectivity index (χ0v) is 13.4. The molecule has 2 aromatic carbocycles. The van der Waals surface area contributed by atoms with Crippen LogP contribution in [0.3, 0.4) is 0 Å². The molecule has 0 bridgehead atoms. The van der Waals surface area contributed by atoms with Crippen molar-refractivity contribution >= 4 is 23.2 Å². The number of nitrogens with one attached hydrogen (secondary N) is 2. The fourth-order valence-corrected chi connectivity index (χ4v) is 3.13. The fraction of sp³-hybridized carbons (Fsp3) is 0.222. The number of quaternary nitrogens is 1. The maximum atomic E-state index is 12.2. The van der Waals surface area contributed by atoms with Gasteiger partial charge in [-0.25, -0.2) is 0 Å². The zero-order valence-electron chi connectivity index (χ0n) is 12.6. The van der Waals surface area contributed by atoms with E-state index < -0.39 is 0 Å². The number of anilines is 1. The van der Waals surface area contributed by atoms with Gasteiger partial charge in [0, 0.05) is 17.7 Å². The number of halogens is 1. The average Bonchev–Trinajstić information content (AvgIpc) is 2.55. The first-order valence-corrected chi connectivity index (χ1v) is 7.93. The maximum absolute atomic E-state index is 12.2. The molecule has 1 heterocycles. The van der Waals surface area contributed by atoms with E-state index >= 15 is 0 Å². The summed E-state index contributed by atoms with van der Waals surface area (Å²) in [6, 6.07) is 15.3. The number of fused-ring (bicyclic) bond motifs is 1. The van der Waals surface area contributed by atoms with E-state index in [1.165, 1.54) is 16.0 Å². The molecule has 0 saturated carbocycles. The summed E-state index contributed by atoms with van der Waals surface area (Å²) < 4.78 is 0. The van der Waals surface area contributed by atoms with E-state index in [2.05, 4.69) is 23.5 Å². The van der Waals surface area contributed by atoms with Crippen LogP contribution < -0.4 is 10.2 Å². The third-order valence-corrected chi connectivity index (χ3v) is 4.40. The van der Waals surface area contributed by atoms with Gasteiger partial charge in [-0.2, -0.15) is 5.26 Å². The topological polar surface area (TPSA) is 57.3 Å². The van der Waals surface area contributed by atoms with Crippen molar-refractivity contribution < 1.29 is 9.69 Å². The van der Waals surface area contributed by atoms with Crippen LogP contribution in [0.5, 0.6) is 0 Å². The molecule has 2 aromatic rings. The lowest BCUT2D eigenvalue weighted by molar-refractivity contribution is -0.907. The van der Waals surface area contributed by atoms with Crippen LogP contribution in [0.2, 0.25) is 5.02 Å². The number of benzene rings is 2. The predicted molar refractivity (Wildman–Crippen MR) is 89.3 cm³/mol. The highest BCUT2D eigenvalue weighted by Crippen LogP contribution is 2.20. The van der Waals surface area contributed by atoms with Crippen LogP contribution in [0, 0.1) is 11.3 Å². The minimum Gasteiger partial charge on any atom is -0.323 e. The molecule has 116 valence electrons. The van der Waals surface area contributed by atoms with Crippen molar-refractivity contribution in [1.29, 1.82) is 5.26 Å². The van der Waals surface area contributed by atoms with Gasteiger partial charge in [0.1, 0.15) is 12.6 Å². The fourth-order valence-electron chi connectivity index (χ4n) is 2.91. The third-order valence-electron chi connectivity index (χ3n) is 4.09. The molecular formula is C18H17ClN3O+. The van der Waals surface area contributed by atoms with Crippen LogP contribution in [0.4, 0.5) is 5.69 Å². The number of hydrogen-bond acceptors (Lipinski definition) is 2. The van der Waals surface area contributed by atoms with Gasteiger partial charge in [0.15, 0.2) is 6.54 Å². The SMILES string of the molecule is N#Cc1ccc(NC(=O)C[NH+]2CCc3ccccc3C2)cc1Cl. The van der Waals surface area contributed by atoms with E-state index in [-0.39, 0.29) is 5.91 Å². The summed E-state index contributed by atoms with van der Waals surface area (Å²) in [6.45, 7) is 2.25. The molecule has 1 aliphatic rings. The lowest BCUT2D eigenvalue weighted by Crippen LogP contribution is -3.12. The van der Waals surface area contributed by atoms with Crippen molar-refractivity contribution in [3.63, 3.8) is 0 Å². The minimum atomic E-state index is -0.0415. The van der Waals surface area contributed by atoms with Crippen molar-refractivity contribution in [2.75, 3.05) is 18.4 Å². The molecule has 0 radical (unpaired) electrons. The van der Waals surface area contributed by atoms with Crippen molar-refractivity contribution in [2.45, 2.75) is 13.0 Å². The Labute approximate surface area is 140 Å². The third kappa shape index (κ3) is 3.70. The Bertz CT molecular complexity index is 782. The summed E-state index contributed by atoms with van der Waals surface area (Å²) in [5.74, 6) is -0.0415. The standard InChI is InChI=1S/C18H16ClN3O/c19-17-9-16(6-5-14(17)10-20)21-18(23)12-22-8-7-13-3-1-2-4-15(13)11-22/h1-6,9H,7-8,11-12H2,(H,21,23)/p+1. The molecule has 4 nitrogen and oxygen atoms in total. The molecule has 5 heteroatoms. The largest absolute Gasteiger partial charge is 0.323 e. The first-order valence-electron chi connectivity index (χ1n) is 7.55. The number of nitrogens with zero attached hydrogens (tertiary/aromatic N) is 1. The molecule has 3 rings (SSSR count). The van der Waals surface area contributed by atoms with Gasteiger partial charge in [0.2, 0.25) is 0 Å². The highest BCUT2D eigenvalue weighted by Gasteiger charge is 2.21. The van der Waals surface area contributed by atoms with Gasteiger partial charge >= 0.3 is 0 Å². The van der Waals surface area contributed by atoms with Gasteiger partial charge in [-0.05, 0) is 23.8 Å². The van der Waals surface area contributed by atoms with Crippen LogP contribution in [-0.2, 0) is 17.8 Å². The molecule has 0 aromatic heterocycles. The molecule has 1 unspecified atom stereocenters. The molecule has 0 saturated heterocycles. The molecule has 0 fully saturated rings. The van der Waals surface area contributed by atoms with E-state index in [4.69, 9.17) is 16.9 Å². The highest BCUT2D eigenvalue weighted by molar-refractivity contribution is 6.32. The Morgan fingerprint density at radius 3 is 2.78 bits per heavy atom. The van der Waals surface area contributed by atoms with Gasteiger partial charge in [0.25, 0.3) is 5.91 Å². The summed E-state index contributed by atoms with van der Waals surface area (Å²) >= 11 is 5.98. The van der Waals surface area contributed by atoms with E-state index in [0.29, 0.717) is 22.8 Å². The minimum absolute atomic E-state index is 0.0415. The van der Waals surface area contributed by atoms with Crippen molar-refractivity contribution in [1.82, 2.24) is 0 Å². The number of nitriles is 1. The summed E-state index contributed by atoms with van der Waals surface area (Å²) in [6.07, 6.45) is 1.00. The van der Waals surface area contributed by atoms with Crippen LogP contribution in [0.1, 0.15) is 16.7 Å². The molecular weight excluding hydrogens is 310 g/mol. The van der Waals surface area contributed by atoms with Gasteiger partial charge < -0.3 is 10.2 Å². The lowest BCUT2D eigenvalue weighted by atomic mass is 10.00. The Kier molecular flexibility index (Phi) is 4.61. The summed E-state index contributed by atoms with van der Waals surface area (Å²) in [7, 11) is 0. The second-order valence-corrected chi connectivity index (χ2v) is 6.13. The van der Waals surface area contributed by atoms with Crippen molar-refractivity contribution in [2.24, 2.45) is 0 Å². The summed E-state index contributed by atoms with van der Waals surface area (Å²) in [4.78, 5) is 13.5. The molecule has 23 heavy (non-hydrogen) atoms. The molecule has 1 amide bonds. The quantitative estimate of drug-likeness (QED) is 0.903. The van der Waals surface area contributed by atoms with Gasteiger partial charge in [-0.3, -0.25) is 4.79 Å². The van der Waals surface area contributed by atoms with Crippen LogP contribution in [0.15, 0.2) is 42.5 Å². The van der Waals surface area contributed by atoms with Crippen molar-refractivity contribution in [3.8, 4) is 6.07 Å². The predicted octanol–water partition coefficient (Wildman–Crippen LogP) is 1.79. The number of amides is 1. The maximum Gasteiger partial charge on any atom is 0.279 e. The molecule has 1 aliphatic heterocycles. The number of rotatable bonds is 3. The Hall–Kier alpha value is -2.35. The number of hydrogen-bond donors (Lipinski definition) is 2. The first-order chi connectivity index (χ1) is 11.2. The monoisotopic (exact) mass is 326 g/mol. The van der Waals surface area contributed by atoms with Crippen LogP contribution in [-0.4, -0.2) is 19.0 Å². The highest BCUT2D eigenvalue weighted by atomic mass is 35.5. The summed E-state index contributed by atoms with van der Waals surface area (Å²) in [5.41, 5.74) is 3.73. The van der Waals surface area contributed by atoms with E-state index in [1.807, 2.05) is 12.1 Å². The van der Waals surface area contributed by atoms with E-state index in [1.54, 1.807) is 18.2 Å². The molecule has 2 N–H and O–H groups in total. The Morgan fingerprint density at radius 2 is 2.04 bits per heavy atom. The molecule has 1 atom stereocenters. The van der Waals surface area contributed by atoms with Crippen LogP contribution in [0.25, 0.3) is 0 Å². The van der Waals surface area contributed by atoms with E-state index in [0.717, 1.165) is 19.5 Å². The second kappa shape index (κ2) is 6.82. The molecule has 0 spiro atoms. The van der Waals surface area contributed by atoms with Crippen LogP contribution >= 0.6 is 11.6 Å². The summed E-state index contributed by atoms with van der Waals surface area (Å²) in [5, 5.41) is 12.1. The number of carbonyl (C=O) groups excluding carboxylic acids is 1. The normalized spacial score (nSPS) is 16.3. The van der Waals surface area contributed by atoms with Gasteiger partial charge in [0.05, 0.1) is 17.1 Å². The average molecular weight is 327 g/mol. The van der Waals surface area contributed by atoms with Crippen molar-refractivity contribution in [3.05, 3.63) is 64.2 Å². The van der Waals surface area contributed by atoms with E-state index in [9.17, 15) is 4.79 Å². The van der Waals surface area contributed by atoms with Gasteiger partial charge in [-0.15, -0.1) is 0 Å². The van der Waals surface area contributed by atoms with Gasteiger partial charge in [-0.1, -0.05) is 35.9 Å². The Balaban J connectivity index is 1.60. The molecule has 0 aliphatic carbocycles. The lowest BCUT2D eigenvalue weighted by Gasteiger charge is -2.25. The Morgan fingerprint density at radius 1 is 1.26 bits per heavy atom. The number of carbonyl (C=O) groups is 1. The second-order valence-electron chi connectivity index (χ2n) is 5.73. The smallest absolute Gasteiger partial charge is 0.279 e. The zero-order chi connectivity index (χ0) is 16.2. The first kappa shape index (κ1) is 15.5.